The van der Waals surface area contributed by atoms with Crippen LogP contribution in [0.25, 0.3) is 16.8 Å². The Kier molecular flexibility index (Phi) is 2.00. The lowest BCUT2D eigenvalue weighted by Crippen LogP contribution is -1.84. The van der Waals surface area contributed by atoms with Gasteiger partial charge in [0.15, 0.2) is 0 Å². The van der Waals surface area contributed by atoms with Crippen LogP contribution in [0, 0.1) is 6.92 Å². The molecule has 0 aliphatic heterocycles. The SMILES string of the molecule is Cc1ccc(-c2cc3ccccn3n2)cc1. The van der Waals surface area contributed by atoms with Crippen molar-refractivity contribution in [2.24, 2.45) is 0 Å². The van der Waals surface area contributed by atoms with E-state index >= 15 is 0 Å². The van der Waals surface area contributed by atoms with Crippen molar-refractivity contribution in [1.29, 1.82) is 0 Å². The summed E-state index contributed by atoms with van der Waals surface area (Å²) < 4.78 is 1.90. The van der Waals surface area contributed by atoms with Gasteiger partial charge in [0.05, 0.1) is 11.2 Å². The zero-order chi connectivity index (χ0) is 11.0. The minimum atomic E-state index is 1.02. The third-order valence-electron chi connectivity index (χ3n) is 2.72. The first-order chi connectivity index (χ1) is 7.83. The highest BCUT2D eigenvalue weighted by atomic mass is 15.2. The third-order valence-corrected chi connectivity index (χ3v) is 2.72. The summed E-state index contributed by atoms with van der Waals surface area (Å²) in [5, 5.41) is 4.53. The molecule has 0 atom stereocenters. The van der Waals surface area contributed by atoms with E-state index in [2.05, 4.69) is 48.4 Å². The maximum Gasteiger partial charge on any atom is 0.0933 e. The highest BCUT2D eigenvalue weighted by molar-refractivity contribution is 5.65. The highest BCUT2D eigenvalue weighted by Gasteiger charge is 2.02. The van der Waals surface area contributed by atoms with Crippen LogP contribution < -0.4 is 0 Å². The van der Waals surface area contributed by atoms with Gasteiger partial charge in [-0.05, 0) is 25.1 Å². The van der Waals surface area contributed by atoms with Crippen molar-refractivity contribution in [2.45, 2.75) is 6.92 Å². The molecule has 2 aromatic heterocycles. The molecule has 0 saturated heterocycles. The summed E-state index contributed by atoms with van der Waals surface area (Å²) in [4.78, 5) is 0. The first-order valence-electron chi connectivity index (χ1n) is 5.34. The Balaban J connectivity index is 2.15. The predicted molar refractivity (Wildman–Crippen MR) is 65.4 cm³/mol. The van der Waals surface area contributed by atoms with Crippen LogP contribution in [0.4, 0.5) is 0 Å². The summed E-state index contributed by atoms with van der Waals surface area (Å²) >= 11 is 0. The van der Waals surface area contributed by atoms with Crippen molar-refractivity contribution < 1.29 is 0 Å². The molecule has 0 bridgehead atoms. The van der Waals surface area contributed by atoms with E-state index in [1.54, 1.807) is 0 Å². The van der Waals surface area contributed by atoms with E-state index in [0.29, 0.717) is 0 Å². The Morgan fingerprint density at radius 2 is 1.81 bits per heavy atom. The number of pyridine rings is 1. The fraction of sp³-hybridized carbons (Fsp3) is 0.0714. The number of nitrogens with zero attached hydrogens (tertiary/aromatic N) is 2. The maximum atomic E-state index is 4.53. The molecule has 3 aromatic rings. The van der Waals surface area contributed by atoms with E-state index in [0.717, 1.165) is 16.8 Å². The number of aromatic nitrogens is 2. The third kappa shape index (κ3) is 1.48. The normalized spacial score (nSPS) is 10.8. The Hall–Kier alpha value is -2.09. The average molecular weight is 208 g/mol. The van der Waals surface area contributed by atoms with Gasteiger partial charge in [0, 0.05) is 11.8 Å². The standard InChI is InChI=1S/C14H12N2/c1-11-5-7-12(8-6-11)14-10-13-4-2-3-9-16(13)15-14/h2-10H,1H3. The van der Waals surface area contributed by atoms with Gasteiger partial charge in [-0.3, -0.25) is 0 Å². The first-order valence-corrected chi connectivity index (χ1v) is 5.34. The van der Waals surface area contributed by atoms with Gasteiger partial charge in [0.1, 0.15) is 0 Å². The lowest BCUT2D eigenvalue weighted by molar-refractivity contribution is 0.966. The number of aryl methyl sites for hydroxylation is 1. The molecule has 0 aliphatic rings. The summed E-state index contributed by atoms with van der Waals surface area (Å²) in [7, 11) is 0. The molecule has 0 amide bonds. The molecular weight excluding hydrogens is 196 g/mol. The van der Waals surface area contributed by atoms with Crippen LogP contribution in [0.1, 0.15) is 5.56 Å². The molecule has 2 heterocycles. The topological polar surface area (TPSA) is 17.3 Å². The van der Waals surface area contributed by atoms with Gasteiger partial charge in [-0.15, -0.1) is 0 Å². The van der Waals surface area contributed by atoms with Gasteiger partial charge in [-0.25, -0.2) is 4.52 Å². The van der Waals surface area contributed by atoms with Gasteiger partial charge in [0.2, 0.25) is 0 Å². The minimum absolute atomic E-state index is 1.02. The molecule has 0 fully saturated rings. The van der Waals surface area contributed by atoms with Crippen molar-refractivity contribution in [3.05, 3.63) is 60.3 Å². The smallest absolute Gasteiger partial charge is 0.0933 e. The second-order valence-electron chi connectivity index (χ2n) is 3.97. The summed E-state index contributed by atoms with van der Waals surface area (Å²) in [6.45, 7) is 2.09. The second-order valence-corrected chi connectivity index (χ2v) is 3.97. The van der Waals surface area contributed by atoms with Crippen LogP contribution >= 0.6 is 0 Å². The van der Waals surface area contributed by atoms with E-state index in [9.17, 15) is 0 Å². The summed E-state index contributed by atoms with van der Waals surface area (Å²) in [5.41, 5.74) is 4.58. The fourth-order valence-electron chi connectivity index (χ4n) is 1.80. The molecule has 0 radical (unpaired) electrons. The van der Waals surface area contributed by atoms with Crippen LogP contribution in [0.3, 0.4) is 0 Å². The molecule has 0 N–H and O–H groups in total. The Labute approximate surface area is 94.2 Å². The number of fused-ring (bicyclic) bond motifs is 1. The predicted octanol–water partition coefficient (Wildman–Crippen LogP) is 3.31. The molecule has 16 heavy (non-hydrogen) atoms. The van der Waals surface area contributed by atoms with Crippen LogP contribution in [0.5, 0.6) is 0 Å². The molecule has 2 heteroatoms. The van der Waals surface area contributed by atoms with E-state index in [-0.39, 0.29) is 0 Å². The number of rotatable bonds is 1. The Morgan fingerprint density at radius 1 is 1.00 bits per heavy atom. The molecule has 0 aliphatic carbocycles. The molecule has 2 nitrogen and oxygen atoms in total. The molecule has 3 rings (SSSR count). The van der Waals surface area contributed by atoms with Crippen LogP contribution in [-0.2, 0) is 0 Å². The van der Waals surface area contributed by atoms with Crippen molar-refractivity contribution in [2.75, 3.05) is 0 Å². The molecule has 0 spiro atoms. The van der Waals surface area contributed by atoms with Crippen molar-refractivity contribution in [3.63, 3.8) is 0 Å². The van der Waals surface area contributed by atoms with Crippen LogP contribution in [-0.4, -0.2) is 9.61 Å². The molecule has 0 unspecified atom stereocenters. The first kappa shape index (κ1) is 9.16. The molecule has 1 aromatic carbocycles. The number of hydrogen-bond acceptors (Lipinski definition) is 1. The van der Waals surface area contributed by atoms with Gasteiger partial charge < -0.3 is 0 Å². The van der Waals surface area contributed by atoms with Crippen molar-refractivity contribution in [1.82, 2.24) is 9.61 Å². The highest BCUT2D eigenvalue weighted by Crippen LogP contribution is 2.19. The van der Waals surface area contributed by atoms with Crippen molar-refractivity contribution in [3.8, 4) is 11.3 Å². The lowest BCUT2D eigenvalue weighted by atomic mass is 10.1. The van der Waals surface area contributed by atoms with Gasteiger partial charge >= 0.3 is 0 Å². The van der Waals surface area contributed by atoms with E-state index in [1.165, 1.54) is 5.56 Å². The molecule has 78 valence electrons. The van der Waals surface area contributed by atoms with Crippen molar-refractivity contribution >= 4 is 5.52 Å². The zero-order valence-corrected chi connectivity index (χ0v) is 9.09. The van der Waals surface area contributed by atoms with E-state index < -0.39 is 0 Å². The maximum absolute atomic E-state index is 4.53. The molecular formula is C14H12N2. The number of benzene rings is 1. The fourth-order valence-corrected chi connectivity index (χ4v) is 1.80. The largest absolute Gasteiger partial charge is 0.240 e. The van der Waals surface area contributed by atoms with Gasteiger partial charge in [-0.2, -0.15) is 5.10 Å². The van der Waals surface area contributed by atoms with E-state index in [4.69, 9.17) is 0 Å². The van der Waals surface area contributed by atoms with Crippen LogP contribution in [0.15, 0.2) is 54.7 Å². The second kappa shape index (κ2) is 3.49. The minimum Gasteiger partial charge on any atom is -0.240 e. The molecule has 0 saturated carbocycles. The van der Waals surface area contributed by atoms with Gasteiger partial charge in [0.25, 0.3) is 0 Å². The zero-order valence-electron chi connectivity index (χ0n) is 9.09. The van der Waals surface area contributed by atoms with Gasteiger partial charge in [-0.1, -0.05) is 35.9 Å². The lowest BCUT2D eigenvalue weighted by Gasteiger charge is -1.96. The quantitative estimate of drug-likeness (QED) is 0.599. The summed E-state index contributed by atoms with van der Waals surface area (Å²) in [5.74, 6) is 0. The summed E-state index contributed by atoms with van der Waals surface area (Å²) in [6.07, 6.45) is 1.97. The average Bonchev–Trinajstić information content (AvgIpc) is 2.73. The van der Waals surface area contributed by atoms with E-state index in [1.807, 2.05) is 22.8 Å². The Bertz CT molecular complexity index is 588. The summed E-state index contributed by atoms with van der Waals surface area (Å²) in [6, 6.07) is 16.6. The van der Waals surface area contributed by atoms with Crippen LogP contribution in [0.2, 0.25) is 0 Å². The monoisotopic (exact) mass is 208 g/mol. The Morgan fingerprint density at radius 3 is 2.56 bits per heavy atom. The number of hydrogen-bond donors (Lipinski definition) is 0.